The normalized spacial score (nSPS) is 22.4. The van der Waals surface area contributed by atoms with E-state index in [2.05, 4.69) is 29.0 Å². The van der Waals surface area contributed by atoms with E-state index in [1.54, 1.807) is 6.20 Å². The molecule has 1 aromatic carbocycles. The molecule has 2 aromatic rings. The molecule has 36 heavy (non-hydrogen) atoms. The number of hydrogen-bond acceptors (Lipinski definition) is 4. The minimum absolute atomic E-state index is 0.00354. The highest BCUT2D eigenvalue weighted by Crippen LogP contribution is 2.39. The molecule has 1 aliphatic heterocycles. The van der Waals surface area contributed by atoms with Crippen LogP contribution in [0.1, 0.15) is 78.3 Å². The number of rotatable bonds is 7. The highest BCUT2D eigenvalue weighted by Gasteiger charge is 2.35. The number of benzene rings is 1. The lowest BCUT2D eigenvalue weighted by atomic mass is 9.82. The second-order valence-electron chi connectivity index (χ2n) is 10.3. The SMILES string of the molecule is CC(C)C1c2ncc(C(=O)NC[C@H]3CC[C@H](C(=O)O)CC3)cc2CN1Cc1ccc(C(F)(F)F)cc1. The van der Waals surface area contributed by atoms with E-state index >= 15 is 0 Å². The van der Waals surface area contributed by atoms with Gasteiger partial charge in [-0.25, -0.2) is 0 Å². The van der Waals surface area contributed by atoms with Gasteiger partial charge in [0, 0.05) is 25.8 Å². The molecule has 194 valence electrons. The first-order chi connectivity index (χ1) is 17.0. The minimum Gasteiger partial charge on any atom is -0.481 e. The molecule has 6 nitrogen and oxygen atoms in total. The molecule has 0 spiro atoms. The number of carbonyl (C=O) groups is 2. The molecule has 2 aliphatic rings. The Kier molecular flexibility index (Phi) is 7.68. The maximum absolute atomic E-state index is 12.9. The number of carboxylic acids is 1. The predicted molar refractivity (Wildman–Crippen MR) is 128 cm³/mol. The van der Waals surface area contributed by atoms with Crippen LogP contribution in [0.3, 0.4) is 0 Å². The third kappa shape index (κ3) is 5.88. The molecule has 4 rings (SSSR count). The van der Waals surface area contributed by atoms with E-state index in [4.69, 9.17) is 5.11 Å². The fraction of sp³-hybridized carbons (Fsp3) is 0.519. The third-order valence-electron chi connectivity index (χ3n) is 7.36. The van der Waals surface area contributed by atoms with Crippen LogP contribution in [-0.4, -0.2) is 33.4 Å². The van der Waals surface area contributed by atoms with Crippen molar-refractivity contribution in [2.24, 2.45) is 17.8 Å². The molecule has 1 aromatic heterocycles. The van der Waals surface area contributed by atoms with Crippen molar-refractivity contribution in [2.45, 2.75) is 64.8 Å². The van der Waals surface area contributed by atoms with Gasteiger partial charge in [0.2, 0.25) is 0 Å². The Balaban J connectivity index is 1.40. The van der Waals surface area contributed by atoms with Crippen molar-refractivity contribution in [3.63, 3.8) is 0 Å². The van der Waals surface area contributed by atoms with Crippen molar-refractivity contribution in [1.29, 1.82) is 0 Å². The first kappa shape index (κ1) is 26.1. The van der Waals surface area contributed by atoms with Gasteiger partial charge >= 0.3 is 12.1 Å². The van der Waals surface area contributed by atoms with Crippen LogP contribution >= 0.6 is 0 Å². The first-order valence-corrected chi connectivity index (χ1v) is 12.4. The summed E-state index contributed by atoms with van der Waals surface area (Å²) in [6.45, 7) is 5.73. The molecule has 1 unspecified atom stereocenters. The fourth-order valence-corrected chi connectivity index (χ4v) is 5.41. The van der Waals surface area contributed by atoms with Gasteiger partial charge in [-0.15, -0.1) is 0 Å². The third-order valence-corrected chi connectivity index (χ3v) is 7.36. The zero-order valence-corrected chi connectivity index (χ0v) is 20.5. The van der Waals surface area contributed by atoms with Gasteiger partial charge in [-0.2, -0.15) is 13.2 Å². The van der Waals surface area contributed by atoms with Crippen molar-refractivity contribution in [2.75, 3.05) is 6.54 Å². The standard InChI is InChI=1S/C27H32F3N3O3/c1-16(2)24-23-21(15-33(24)14-18-5-9-22(10-6-18)27(28,29)30)11-20(13-31-23)25(34)32-12-17-3-7-19(8-4-17)26(35)36/h5-6,9-11,13,16-17,19,24H,3-4,7-8,12,14-15H2,1-2H3,(H,32,34)(H,35,36)/t17-,19-,24?. The Morgan fingerprint density at radius 2 is 1.81 bits per heavy atom. The molecule has 1 amide bonds. The summed E-state index contributed by atoms with van der Waals surface area (Å²) in [7, 11) is 0. The molecule has 9 heteroatoms. The smallest absolute Gasteiger partial charge is 0.416 e. The van der Waals surface area contributed by atoms with Crippen LogP contribution in [0.5, 0.6) is 0 Å². The Morgan fingerprint density at radius 1 is 1.14 bits per heavy atom. The van der Waals surface area contributed by atoms with E-state index in [0.29, 0.717) is 38.0 Å². The van der Waals surface area contributed by atoms with Gasteiger partial charge in [-0.1, -0.05) is 26.0 Å². The second-order valence-corrected chi connectivity index (χ2v) is 10.3. The van der Waals surface area contributed by atoms with Gasteiger partial charge < -0.3 is 10.4 Å². The van der Waals surface area contributed by atoms with E-state index in [9.17, 15) is 22.8 Å². The Hall–Kier alpha value is -2.94. The summed E-state index contributed by atoms with van der Waals surface area (Å²) < 4.78 is 38.7. The summed E-state index contributed by atoms with van der Waals surface area (Å²) >= 11 is 0. The number of amides is 1. The lowest BCUT2D eigenvalue weighted by molar-refractivity contribution is -0.143. The largest absolute Gasteiger partial charge is 0.481 e. The molecule has 0 radical (unpaired) electrons. The van der Waals surface area contributed by atoms with E-state index < -0.39 is 17.7 Å². The number of halogens is 3. The Labute approximate surface area is 208 Å². The van der Waals surface area contributed by atoms with Gasteiger partial charge in [0.15, 0.2) is 0 Å². The number of alkyl halides is 3. The van der Waals surface area contributed by atoms with Gasteiger partial charge in [-0.05, 0) is 66.8 Å². The lowest BCUT2D eigenvalue weighted by Gasteiger charge is -2.27. The second kappa shape index (κ2) is 10.6. The highest BCUT2D eigenvalue weighted by atomic mass is 19.4. The van der Waals surface area contributed by atoms with Gasteiger partial charge in [0.1, 0.15) is 0 Å². The predicted octanol–water partition coefficient (Wildman–Crippen LogP) is 5.43. The van der Waals surface area contributed by atoms with Crippen molar-refractivity contribution in [3.8, 4) is 0 Å². The average molecular weight is 504 g/mol. The number of aliphatic carboxylic acids is 1. The van der Waals surface area contributed by atoms with Crippen LogP contribution in [0.2, 0.25) is 0 Å². The number of carbonyl (C=O) groups excluding carboxylic acids is 1. The number of hydrogen-bond donors (Lipinski definition) is 2. The summed E-state index contributed by atoms with van der Waals surface area (Å²) in [5, 5.41) is 12.1. The maximum atomic E-state index is 12.9. The van der Waals surface area contributed by atoms with Crippen LogP contribution < -0.4 is 5.32 Å². The number of nitrogens with zero attached hydrogens (tertiary/aromatic N) is 2. The Morgan fingerprint density at radius 3 is 2.39 bits per heavy atom. The van der Waals surface area contributed by atoms with E-state index in [-0.39, 0.29) is 29.7 Å². The van der Waals surface area contributed by atoms with Gasteiger partial charge in [-0.3, -0.25) is 19.5 Å². The van der Waals surface area contributed by atoms with Crippen molar-refractivity contribution in [3.05, 3.63) is 64.5 Å². The lowest BCUT2D eigenvalue weighted by Crippen LogP contribution is -2.32. The molecular weight excluding hydrogens is 471 g/mol. The van der Waals surface area contributed by atoms with E-state index in [1.165, 1.54) is 12.1 Å². The molecule has 2 heterocycles. The molecule has 1 saturated carbocycles. The number of nitrogens with one attached hydrogen (secondary N) is 1. The zero-order valence-electron chi connectivity index (χ0n) is 20.5. The summed E-state index contributed by atoms with van der Waals surface area (Å²) in [6, 6.07) is 7.11. The minimum atomic E-state index is -4.36. The molecular formula is C27H32F3N3O3. The molecule has 0 saturated heterocycles. The van der Waals surface area contributed by atoms with E-state index in [0.717, 1.165) is 41.8 Å². The van der Waals surface area contributed by atoms with Crippen LogP contribution in [-0.2, 0) is 24.1 Å². The summed E-state index contributed by atoms with van der Waals surface area (Å²) in [6.07, 6.45) is 0.0841. The molecule has 2 N–H and O–H groups in total. The maximum Gasteiger partial charge on any atom is 0.416 e. The van der Waals surface area contributed by atoms with E-state index in [1.807, 2.05) is 6.07 Å². The van der Waals surface area contributed by atoms with Crippen LogP contribution in [0, 0.1) is 17.8 Å². The zero-order chi connectivity index (χ0) is 26.0. The monoisotopic (exact) mass is 503 g/mol. The average Bonchev–Trinajstić information content (AvgIpc) is 3.19. The Bertz CT molecular complexity index is 1090. The number of aromatic nitrogens is 1. The van der Waals surface area contributed by atoms with Crippen LogP contribution in [0.15, 0.2) is 36.5 Å². The van der Waals surface area contributed by atoms with Crippen LogP contribution in [0.4, 0.5) is 13.2 Å². The van der Waals surface area contributed by atoms with Crippen molar-refractivity contribution in [1.82, 2.24) is 15.2 Å². The van der Waals surface area contributed by atoms with Crippen molar-refractivity contribution < 1.29 is 27.9 Å². The van der Waals surface area contributed by atoms with Crippen LogP contribution in [0.25, 0.3) is 0 Å². The molecule has 1 fully saturated rings. The highest BCUT2D eigenvalue weighted by molar-refractivity contribution is 5.94. The topological polar surface area (TPSA) is 82.5 Å². The van der Waals surface area contributed by atoms with Gasteiger partial charge in [0.05, 0.1) is 28.8 Å². The number of pyridine rings is 1. The molecule has 1 atom stereocenters. The fourth-order valence-electron chi connectivity index (χ4n) is 5.41. The summed E-state index contributed by atoms with van der Waals surface area (Å²) in [5.41, 5.74) is 2.46. The van der Waals surface area contributed by atoms with Gasteiger partial charge in [0.25, 0.3) is 5.91 Å². The molecule has 1 aliphatic carbocycles. The molecule has 0 bridgehead atoms. The summed E-state index contributed by atoms with van der Waals surface area (Å²) in [5.74, 6) is -0.718. The number of carboxylic acid groups (broad SMARTS) is 1. The quantitative estimate of drug-likeness (QED) is 0.526. The number of fused-ring (bicyclic) bond motifs is 1. The van der Waals surface area contributed by atoms with Crippen molar-refractivity contribution >= 4 is 11.9 Å². The first-order valence-electron chi connectivity index (χ1n) is 12.4. The summed E-state index contributed by atoms with van der Waals surface area (Å²) in [4.78, 5) is 30.8.